The number of rotatable bonds is 7. The van der Waals surface area contributed by atoms with Gasteiger partial charge in [-0.3, -0.25) is 4.79 Å². The molecule has 2 fully saturated rings. The predicted octanol–water partition coefficient (Wildman–Crippen LogP) is 2.67. The smallest absolute Gasteiger partial charge is 0.243 e. The summed E-state index contributed by atoms with van der Waals surface area (Å²) in [7, 11) is -1.43. The maximum Gasteiger partial charge on any atom is 0.243 e. The predicted molar refractivity (Wildman–Crippen MR) is 138 cm³/mol. The molecule has 2 aromatic rings. The molecule has 0 atom stereocenters. The highest BCUT2D eigenvalue weighted by Gasteiger charge is 2.32. The summed E-state index contributed by atoms with van der Waals surface area (Å²) < 4.78 is 27.7. The van der Waals surface area contributed by atoms with Crippen molar-refractivity contribution in [2.75, 3.05) is 51.2 Å². The molecule has 8 nitrogen and oxygen atoms in total. The van der Waals surface area contributed by atoms with Crippen molar-refractivity contribution < 1.29 is 13.2 Å². The van der Waals surface area contributed by atoms with Crippen LogP contribution in [0.15, 0.2) is 47.5 Å². The van der Waals surface area contributed by atoms with Crippen LogP contribution in [-0.2, 0) is 21.4 Å². The van der Waals surface area contributed by atoms with Gasteiger partial charge in [-0.1, -0.05) is 32.0 Å². The first-order chi connectivity index (χ1) is 16.8. The van der Waals surface area contributed by atoms with E-state index in [2.05, 4.69) is 41.0 Å². The number of amides is 1. The van der Waals surface area contributed by atoms with Gasteiger partial charge in [-0.2, -0.15) is 4.31 Å². The van der Waals surface area contributed by atoms with Crippen LogP contribution in [0.5, 0.6) is 0 Å². The molecule has 1 aromatic heterocycles. The standard InChI is InChI=1S/C26H37N5O3S/c1-20(2)21-6-8-24(9-7-21)35(33,34)31-13-10-22(11-14-31)26(32)28-19-23-5-4-12-27-25(23)30-17-15-29(3)16-18-30/h4-9,12,20,22H,10-11,13-19H2,1-3H3,(H,28,32). The van der Waals surface area contributed by atoms with E-state index in [-0.39, 0.29) is 11.8 Å². The number of piperidine rings is 1. The van der Waals surface area contributed by atoms with Crippen molar-refractivity contribution in [3.05, 3.63) is 53.7 Å². The van der Waals surface area contributed by atoms with Crippen LogP contribution in [0.2, 0.25) is 0 Å². The maximum atomic E-state index is 13.1. The number of hydrogen-bond acceptors (Lipinski definition) is 6. The fourth-order valence-electron chi connectivity index (χ4n) is 4.73. The molecular weight excluding hydrogens is 462 g/mol. The largest absolute Gasteiger partial charge is 0.354 e. The number of piperazine rings is 1. The third-order valence-electron chi connectivity index (χ3n) is 7.13. The molecule has 1 amide bonds. The van der Waals surface area contributed by atoms with Crippen LogP contribution in [0.4, 0.5) is 5.82 Å². The van der Waals surface area contributed by atoms with E-state index in [9.17, 15) is 13.2 Å². The van der Waals surface area contributed by atoms with Crippen LogP contribution >= 0.6 is 0 Å². The quantitative estimate of drug-likeness (QED) is 0.631. The topological polar surface area (TPSA) is 85.8 Å². The van der Waals surface area contributed by atoms with Gasteiger partial charge in [-0.05, 0) is 49.6 Å². The summed E-state index contributed by atoms with van der Waals surface area (Å²) in [4.78, 5) is 22.4. The average Bonchev–Trinajstić information content (AvgIpc) is 2.88. The van der Waals surface area contributed by atoms with E-state index in [0.29, 0.717) is 43.3 Å². The molecule has 1 aromatic carbocycles. The van der Waals surface area contributed by atoms with Gasteiger partial charge in [0.2, 0.25) is 15.9 Å². The summed E-state index contributed by atoms with van der Waals surface area (Å²) in [5.74, 6) is 1.08. The molecule has 3 heterocycles. The number of nitrogens with zero attached hydrogens (tertiary/aromatic N) is 4. The highest BCUT2D eigenvalue weighted by atomic mass is 32.2. The third-order valence-corrected chi connectivity index (χ3v) is 9.05. The van der Waals surface area contributed by atoms with Crippen LogP contribution in [0, 0.1) is 5.92 Å². The normalized spacial score (nSPS) is 18.7. The molecule has 0 saturated carbocycles. The molecule has 0 radical (unpaired) electrons. The molecule has 2 aliphatic rings. The Morgan fingerprint density at radius 3 is 2.31 bits per heavy atom. The first-order valence-corrected chi connectivity index (χ1v) is 13.9. The number of benzene rings is 1. The minimum Gasteiger partial charge on any atom is -0.354 e. The summed E-state index contributed by atoms with van der Waals surface area (Å²) in [6.45, 7) is 9.12. The SMILES string of the molecule is CC(C)c1ccc(S(=O)(=O)N2CCC(C(=O)NCc3cccnc3N3CCN(C)CC3)CC2)cc1. The van der Waals surface area contributed by atoms with Crippen molar-refractivity contribution in [1.29, 1.82) is 0 Å². The Morgan fingerprint density at radius 2 is 1.69 bits per heavy atom. The van der Waals surface area contributed by atoms with Gasteiger partial charge in [-0.25, -0.2) is 13.4 Å². The molecule has 9 heteroatoms. The monoisotopic (exact) mass is 499 g/mol. The lowest BCUT2D eigenvalue weighted by atomic mass is 9.97. The fourth-order valence-corrected chi connectivity index (χ4v) is 6.20. The second-order valence-electron chi connectivity index (χ2n) is 9.90. The molecule has 0 bridgehead atoms. The molecule has 4 rings (SSSR count). The van der Waals surface area contributed by atoms with Crippen LogP contribution in [0.3, 0.4) is 0 Å². The summed E-state index contributed by atoms with van der Waals surface area (Å²) in [5, 5.41) is 3.07. The van der Waals surface area contributed by atoms with E-state index in [1.807, 2.05) is 24.3 Å². The minimum absolute atomic E-state index is 0.0171. The number of anilines is 1. The first-order valence-electron chi connectivity index (χ1n) is 12.5. The Hall–Kier alpha value is -2.49. The highest BCUT2D eigenvalue weighted by molar-refractivity contribution is 7.89. The molecule has 35 heavy (non-hydrogen) atoms. The lowest BCUT2D eigenvalue weighted by Gasteiger charge is -2.34. The number of sulfonamides is 1. The number of pyridine rings is 1. The van der Waals surface area contributed by atoms with Gasteiger partial charge in [0.15, 0.2) is 0 Å². The van der Waals surface area contributed by atoms with Gasteiger partial charge < -0.3 is 15.1 Å². The molecule has 190 valence electrons. The minimum atomic E-state index is -3.55. The molecule has 0 spiro atoms. The Morgan fingerprint density at radius 1 is 1.03 bits per heavy atom. The van der Waals surface area contributed by atoms with E-state index in [1.165, 1.54) is 4.31 Å². The van der Waals surface area contributed by atoms with Crippen molar-refractivity contribution in [1.82, 2.24) is 19.5 Å². The van der Waals surface area contributed by atoms with E-state index in [1.54, 1.807) is 18.3 Å². The number of carbonyl (C=O) groups excluding carboxylic acids is 1. The molecule has 0 unspecified atom stereocenters. The van der Waals surface area contributed by atoms with Crippen molar-refractivity contribution in [2.24, 2.45) is 5.92 Å². The Kier molecular flexibility index (Phi) is 8.09. The lowest BCUT2D eigenvalue weighted by Crippen LogP contribution is -2.45. The van der Waals surface area contributed by atoms with Crippen molar-refractivity contribution >= 4 is 21.7 Å². The summed E-state index contributed by atoms with van der Waals surface area (Å²) in [6, 6.07) is 11.1. The zero-order valence-corrected chi connectivity index (χ0v) is 21.8. The second kappa shape index (κ2) is 11.1. The Labute approximate surface area is 209 Å². The van der Waals surface area contributed by atoms with Gasteiger partial charge in [0.05, 0.1) is 4.90 Å². The summed E-state index contributed by atoms with van der Waals surface area (Å²) in [6.07, 6.45) is 2.84. The number of carbonyl (C=O) groups is 1. The van der Waals surface area contributed by atoms with Gasteiger partial charge in [0.1, 0.15) is 5.82 Å². The van der Waals surface area contributed by atoms with Crippen LogP contribution in [0.25, 0.3) is 0 Å². The Bertz CT molecular complexity index is 1100. The van der Waals surface area contributed by atoms with Gasteiger partial charge >= 0.3 is 0 Å². The summed E-state index contributed by atoms with van der Waals surface area (Å²) in [5.41, 5.74) is 2.12. The summed E-state index contributed by atoms with van der Waals surface area (Å²) >= 11 is 0. The molecule has 0 aliphatic carbocycles. The molecule has 1 N–H and O–H groups in total. The second-order valence-corrected chi connectivity index (χ2v) is 11.8. The van der Waals surface area contributed by atoms with Crippen molar-refractivity contribution in [2.45, 2.75) is 44.0 Å². The zero-order valence-electron chi connectivity index (χ0n) is 21.0. The van der Waals surface area contributed by atoms with E-state index in [0.717, 1.165) is 43.1 Å². The zero-order chi connectivity index (χ0) is 25.0. The van der Waals surface area contributed by atoms with Gasteiger partial charge in [0.25, 0.3) is 0 Å². The molecule has 2 saturated heterocycles. The number of aromatic nitrogens is 1. The van der Waals surface area contributed by atoms with Crippen LogP contribution < -0.4 is 10.2 Å². The van der Waals surface area contributed by atoms with E-state index >= 15 is 0 Å². The van der Waals surface area contributed by atoms with Crippen molar-refractivity contribution in [3.8, 4) is 0 Å². The highest BCUT2D eigenvalue weighted by Crippen LogP contribution is 2.26. The maximum absolute atomic E-state index is 13.1. The van der Waals surface area contributed by atoms with Crippen LogP contribution in [-0.4, -0.2) is 74.8 Å². The number of hydrogen-bond donors (Lipinski definition) is 1. The van der Waals surface area contributed by atoms with Gasteiger partial charge in [0, 0.05) is 63.5 Å². The molecule has 2 aliphatic heterocycles. The number of likely N-dealkylation sites (N-methyl/N-ethyl adjacent to an activating group) is 1. The number of nitrogens with one attached hydrogen (secondary N) is 1. The van der Waals surface area contributed by atoms with Gasteiger partial charge in [-0.15, -0.1) is 0 Å². The average molecular weight is 500 g/mol. The molecular formula is C26H37N5O3S. The van der Waals surface area contributed by atoms with Crippen molar-refractivity contribution in [3.63, 3.8) is 0 Å². The van der Waals surface area contributed by atoms with E-state index in [4.69, 9.17) is 0 Å². The first kappa shape index (κ1) is 25.6. The Balaban J connectivity index is 1.31. The third kappa shape index (κ3) is 6.02. The van der Waals surface area contributed by atoms with E-state index < -0.39 is 10.0 Å². The lowest BCUT2D eigenvalue weighted by molar-refractivity contribution is -0.126. The van der Waals surface area contributed by atoms with Crippen LogP contribution in [0.1, 0.15) is 43.7 Å². The fraction of sp³-hybridized carbons (Fsp3) is 0.538.